The van der Waals surface area contributed by atoms with Crippen LogP contribution in [0.1, 0.15) is 24.0 Å². The fraction of sp³-hybridized carbons (Fsp3) is 0.280. The highest BCUT2D eigenvalue weighted by Crippen LogP contribution is 2.24. The topological polar surface area (TPSA) is 70.2 Å². The first kappa shape index (κ1) is 21.5. The van der Waals surface area contributed by atoms with Gasteiger partial charge in [-0.3, -0.25) is 9.59 Å². The molecule has 3 aromatic carbocycles. The Hall–Kier alpha value is -3.18. The molecule has 0 aliphatic heterocycles. The molecule has 3 unspecified atom stereocenters. The minimum Gasteiger partial charge on any atom is -0.357 e. The van der Waals surface area contributed by atoms with Crippen molar-refractivity contribution in [2.75, 3.05) is 14.1 Å². The standard InChI is InChI=1S/C25H29N3O2/c1-17(20-14-13-19-11-7-8-12-21(19)16-20)23(26-2)25(30)28-22(24(29)27-3)15-18-9-5-4-6-10-18/h4-14,16-17,22-23,26H,15H2,1-3H3,(H,27,29)(H,28,30). The number of rotatable bonds is 8. The molecule has 0 heterocycles. The molecule has 30 heavy (non-hydrogen) atoms. The summed E-state index contributed by atoms with van der Waals surface area (Å²) < 4.78 is 0. The summed E-state index contributed by atoms with van der Waals surface area (Å²) in [6.45, 7) is 2.02. The molecule has 5 heteroatoms. The molecule has 0 spiro atoms. The van der Waals surface area contributed by atoms with Gasteiger partial charge in [-0.2, -0.15) is 0 Å². The second-order valence-corrected chi connectivity index (χ2v) is 7.53. The number of nitrogens with one attached hydrogen (secondary N) is 3. The number of carbonyl (C=O) groups is 2. The van der Waals surface area contributed by atoms with Gasteiger partial charge in [0, 0.05) is 19.4 Å². The van der Waals surface area contributed by atoms with Crippen LogP contribution < -0.4 is 16.0 Å². The second-order valence-electron chi connectivity index (χ2n) is 7.53. The van der Waals surface area contributed by atoms with Crippen molar-refractivity contribution in [1.29, 1.82) is 0 Å². The Morgan fingerprint density at radius 2 is 1.50 bits per heavy atom. The Morgan fingerprint density at radius 1 is 0.833 bits per heavy atom. The third kappa shape index (κ3) is 5.05. The zero-order valence-corrected chi connectivity index (χ0v) is 17.7. The van der Waals surface area contributed by atoms with Gasteiger partial charge >= 0.3 is 0 Å². The summed E-state index contributed by atoms with van der Waals surface area (Å²) in [6.07, 6.45) is 0.438. The van der Waals surface area contributed by atoms with Crippen LogP contribution >= 0.6 is 0 Å². The monoisotopic (exact) mass is 403 g/mol. The molecule has 0 saturated heterocycles. The smallest absolute Gasteiger partial charge is 0.242 e. The molecule has 0 bridgehead atoms. The third-order valence-electron chi connectivity index (χ3n) is 5.55. The fourth-order valence-electron chi connectivity index (χ4n) is 3.79. The fourth-order valence-corrected chi connectivity index (χ4v) is 3.79. The molecule has 5 nitrogen and oxygen atoms in total. The van der Waals surface area contributed by atoms with E-state index in [2.05, 4.69) is 46.3 Å². The number of amides is 2. The number of likely N-dealkylation sites (N-methyl/N-ethyl adjacent to an activating group) is 2. The van der Waals surface area contributed by atoms with Gasteiger partial charge in [-0.05, 0) is 28.9 Å². The van der Waals surface area contributed by atoms with Crippen molar-refractivity contribution >= 4 is 22.6 Å². The highest BCUT2D eigenvalue weighted by molar-refractivity contribution is 5.90. The van der Waals surface area contributed by atoms with E-state index in [1.807, 2.05) is 49.4 Å². The van der Waals surface area contributed by atoms with E-state index in [-0.39, 0.29) is 17.7 Å². The summed E-state index contributed by atoms with van der Waals surface area (Å²) >= 11 is 0. The van der Waals surface area contributed by atoms with Crippen molar-refractivity contribution in [3.63, 3.8) is 0 Å². The molecule has 2 amide bonds. The van der Waals surface area contributed by atoms with E-state index in [9.17, 15) is 9.59 Å². The maximum Gasteiger partial charge on any atom is 0.242 e. The minimum absolute atomic E-state index is 0.0679. The van der Waals surface area contributed by atoms with E-state index in [0.717, 1.165) is 16.5 Å². The molecular formula is C25H29N3O2. The van der Waals surface area contributed by atoms with E-state index < -0.39 is 12.1 Å². The normalized spacial score (nSPS) is 14.0. The maximum absolute atomic E-state index is 13.1. The van der Waals surface area contributed by atoms with Gasteiger partial charge in [0.2, 0.25) is 11.8 Å². The van der Waals surface area contributed by atoms with Gasteiger partial charge in [0.15, 0.2) is 0 Å². The zero-order valence-electron chi connectivity index (χ0n) is 17.7. The number of fused-ring (bicyclic) bond motifs is 1. The maximum atomic E-state index is 13.1. The van der Waals surface area contributed by atoms with Crippen LogP contribution in [0, 0.1) is 0 Å². The van der Waals surface area contributed by atoms with Crippen molar-refractivity contribution < 1.29 is 9.59 Å². The van der Waals surface area contributed by atoms with Crippen LogP contribution in [-0.4, -0.2) is 38.0 Å². The molecule has 3 rings (SSSR count). The van der Waals surface area contributed by atoms with Gasteiger partial charge in [0.1, 0.15) is 6.04 Å². The minimum atomic E-state index is -0.635. The van der Waals surface area contributed by atoms with E-state index in [1.165, 1.54) is 5.39 Å². The largest absolute Gasteiger partial charge is 0.357 e. The first-order chi connectivity index (χ1) is 14.5. The van der Waals surface area contributed by atoms with Gasteiger partial charge in [-0.1, -0.05) is 79.7 Å². The highest BCUT2D eigenvalue weighted by Gasteiger charge is 2.29. The van der Waals surface area contributed by atoms with E-state index in [4.69, 9.17) is 0 Å². The van der Waals surface area contributed by atoms with E-state index in [0.29, 0.717) is 6.42 Å². The van der Waals surface area contributed by atoms with Crippen LogP contribution in [0.3, 0.4) is 0 Å². The SMILES string of the molecule is CNC(=O)C(Cc1ccccc1)NC(=O)C(NC)C(C)c1ccc2ccccc2c1. The Morgan fingerprint density at radius 3 is 2.17 bits per heavy atom. The highest BCUT2D eigenvalue weighted by atomic mass is 16.2. The number of carbonyl (C=O) groups excluding carboxylic acids is 2. The lowest BCUT2D eigenvalue weighted by atomic mass is 9.90. The quantitative estimate of drug-likeness (QED) is 0.542. The van der Waals surface area contributed by atoms with Crippen LogP contribution in [0.2, 0.25) is 0 Å². The number of hydrogen-bond acceptors (Lipinski definition) is 3. The van der Waals surface area contributed by atoms with Crippen LogP contribution in [0.5, 0.6) is 0 Å². The molecule has 0 aromatic heterocycles. The summed E-state index contributed by atoms with van der Waals surface area (Å²) in [5.74, 6) is -0.468. The summed E-state index contributed by atoms with van der Waals surface area (Å²) in [4.78, 5) is 25.5. The van der Waals surface area contributed by atoms with Gasteiger partial charge in [0.05, 0.1) is 6.04 Å². The first-order valence-corrected chi connectivity index (χ1v) is 10.3. The van der Waals surface area contributed by atoms with E-state index >= 15 is 0 Å². The average molecular weight is 404 g/mol. The molecule has 0 fully saturated rings. The average Bonchev–Trinajstić information content (AvgIpc) is 2.78. The van der Waals surface area contributed by atoms with Gasteiger partial charge in [-0.15, -0.1) is 0 Å². The van der Waals surface area contributed by atoms with Crippen LogP contribution in [0.25, 0.3) is 10.8 Å². The second kappa shape index (κ2) is 10.0. The van der Waals surface area contributed by atoms with E-state index in [1.54, 1.807) is 14.1 Å². The summed E-state index contributed by atoms with van der Waals surface area (Å²) in [7, 11) is 3.35. The Labute approximate surface area is 177 Å². The zero-order chi connectivity index (χ0) is 21.5. The summed E-state index contributed by atoms with van der Waals surface area (Å²) in [5.41, 5.74) is 2.07. The van der Waals surface area contributed by atoms with Crippen molar-refractivity contribution in [1.82, 2.24) is 16.0 Å². The van der Waals surface area contributed by atoms with Crippen molar-refractivity contribution in [2.24, 2.45) is 0 Å². The first-order valence-electron chi connectivity index (χ1n) is 10.3. The summed E-state index contributed by atoms with van der Waals surface area (Å²) in [6, 6.07) is 23.0. The lowest BCUT2D eigenvalue weighted by Gasteiger charge is -2.26. The van der Waals surface area contributed by atoms with Crippen molar-refractivity contribution in [3.05, 3.63) is 83.9 Å². The third-order valence-corrected chi connectivity index (χ3v) is 5.55. The predicted molar refractivity (Wildman–Crippen MR) is 121 cm³/mol. The van der Waals surface area contributed by atoms with Crippen LogP contribution in [0.15, 0.2) is 72.8 Å². The van der Waals surface area contributed by atoms with Gasteiger partial charge in [0.25, 0.3) is 0 Å². The molecule has 3 N–H and O–H groups in total. The lowest BCUT2D eigenvalue weighted by molar-refractivity contribution is -0.130. The Bertz CT molecular complexity index is 1000. The molecule has 156 valence electrons. The number of hydrogen-bond donors (Lipinski definition) is 3. The Balaban J connectivity index is 1.77. The Kier molecular flexibility index (Phi) is 7.20. The molecular weight excluding hydrogens is 374 g/mol. The lowest BCUT2D eigenvalue weighted by Crippen LogP contribution is -2.53. The predicted octanol–water partition coefficient (Wildman–Crippen LogP) is 3.00. The molecule has 0 aliphatic carbocycles. The molecule has 0 radical (unpaired) electrons. The molecule has 3 atom stereocenters. The van der Waals surface area contributed by atoms with Crippen LogP contribution in [0.4, 0.5) is 0 Å². The molecule has 3 aromatic rings. The van der Waals surface area contributed by atoms with Gasteiger partial charge < -0.3 is 16.0 Å². The van der Waals surface area contributed by atoms with Gasteiger partial charge in [-0.25, -0.2) is 0 Å². The molecule has 0 aliphatic rings. The van der Waals surface area contributed by atoms with Crippen molar-refractivity contribution in [3.8, 4) is 0 Å². The summed E-state index contributed by atoms with van der Waals surface area (Å²) in [5, 5.41) is 11.0. The van der Waals surface area contributed by atoms with Crippen molar-refractivity contribution in [2.45, 2.75) is 31.3 Å². The van der Waals surface area contributed by atoms with Crippen LogP contribution in [-0.2, 0) is 16.0 Å². The number of benzene rings is 3. The molecule has 0 saturated carbocycles.